The highest BCUT2D eigenvalue weighted by atomic mass is 32.2. The first-order chi connectivity index (χ1) is 9.65. The number of nitrogens with one attached hydrogen (secondary N) is 1. The molecule has 21 heavy (non-hydrogen) atoms. The van der Waals surface area contributed by atoms with E-state index in [1.807, 2.05) is 0 Å². The maximum absolute atomic E-state index is 12.3. The molecule has 0 fully saturated rings. The molecule has 0 heterocycles. The zero-order chi connectivity index (χ0) is 16.2. The number of rotatable bonds is 7. The Morgan fingerprint density at radius 1 is 1.19 bits per heavy atom. The molecule has 0 aliphatic rings. The number of hydrogen-bond acceptors (Lipinski definition) is 4. The summed E-state index contributed by atoms with van der Waals surface area (Å²) in [6.45, 7) is 11.3. The fourth-order valence-corrected chi connectivity index (χ4v) is 3.70. The molecule has 0 aliphatic carbocycles. The molecule has 0 aromatic heterocycles. The van der Waals surface area contributed by atoms with Crippen molar-refractivity contribution in [3.8, 4) is 0 Å². The smallest absolute Gasteiger partial charge is 0.240 e. The van der Waals surface area contributed by atoms with E-state index >= 15 is 0 Å². The molecule has 1 aromatic carbocycles. The summed E-state index contributed by atoms with van der Waals surface area (Å²) in [6, 6.07) is 5.68. The molecule has 6 heteroatoms. The van der Waals surface area contributed by atoms with E-state index in [4.69, 9.17) is 5.73 Å². The van der Waals surface area contributed by atoms with E-state index in [1.165, 1.54) is 6.07 Å². The minimum Gasteiger partial charge on any atom is -0.399 e. The summed E-state index contributed by atoms with van der Waals surface area (Å²) in [5.74, 6) is 0. The zero-order valence-electron chi connectivity index (χ0n) is 13.6. The zero-order valence-corrected chi connectivity index (χ0v) is 14.4. The second-order valence-corrected chi connectivity index (χ2v) is 7.58. The first-order valence-electron chi connectivity index (χ1n) is 7.26. The maximum atomic E-state index is 12.3. The van der Waals surface area contributed by atoms with E-state index in [-0.39, 0.29) is 4.90 Å². The van der Waals surface area contributed by atoms with Gasteiger partial charge in [0.15, 0.2) is 0 Å². The van der Waals surface area contributed by atoms with Crippen molar-refractivity contribution in [3.63, 3.8) is 0 Å². The Morgan fingerprint density at radius 2 is 1.76 bits per heavy atom. The molecule has 0 aliphatic heterocycles. The summed E-state index contributed by atoms with van der Waals surface area (Å²) in [5.41, 5.74) is 6.83. The van der Waals surface area contributed by atoms with E-state index in [0.717, 1.165) is 0 Å². The van der Waals surface area contributed by atoms with Crippen LogP contribution in [-0.4, -0.2) is 38.5 Å². The predicted octanol–water partition coefficient (Wildman–Crippen LogP) is 1.97. The van der Waals surface area contributed by atoms with Gasteiger partial charge in [0.05, 0.1) is 4.90 Å². The van der Waals surface area contributed by atoms with Gasteiger partial charge in [0.2, 0.25) is 10.0 Å². The minimum atomic E-state index is -3.52. The summed E-state index contributed by atoms with van der Waals surface area (Å²) in [5, 5.41) is 0. The first kappa shape index (κ1) is 17.9. The van der Waals surface area contributed by atoms with Crippen molar-refractivity contribution < 1.29 is 8.42 Å². The number of benzene rings is 1. The van der Waals surface area contributed by atoms with Crippen molar-refractivity contribution >= 4 is 15.7 Å². The molecule has 0 saturated heterocycles. The molecule has 0 spiro atoms. The average Bonchev–Trinajstić information content (AvgIpc) is 2.36. The second-order valence-electron chi connectivity index (χ2n) is 5.85. The van der Waals surface area contributed by atoms with Gasteiger partial charge in [-0.2, -0.15) is 0 Å². The number of anilines is 1. The summed E-state index contributed by atoms with van der Waals surface area (Å²) in [6.07, 6.45) is 0. The summed E-state index contributed by atoms with van der Waals surface area (Å²) in [7, 11) is -3.52. The molecule has 0 amide bonds. The van der Waals surface area contributed by atoms with Gasteiger partial charge in [-0.15, -0.1) is 0 Å². The van der Waals surface area contributed by atoms with Crippen LogP contribution in [0.3, 0.4) is 0 Å². The van der Waals surface area contributed by atoms with E-state index in [1.54, 1.807) is 19.1 Å². The van der Waals surface area contributed by atoms with E-state index in [9.17, 15) is 8.42 Å². The third kappa shape index (κ3) is 4.98. The lowest BCUT2D eigenvalue weighted by molar-refractivity contribution is 0.179. The number of aryl methyl sites for hydroxylation is 1. The van der Waals surface area contributed by atoms with Gasteiger partial charge >= 0.3 is 0 Å². The average molecular weight is 313 g/mol. The van der Waals surface area contributed by atoms with Crippen molar-refractivity contribution in [2.75, 3.05) is 18.8 Å². The van der Waals surface area contributed by atoms with Crippen LogP contribution < -0.4 is 10.5 Å². The molecule has 0 bridgehead atoms. The highest BCUT2D eigenvalue weighted by molar-refractivity contribution is 7.89. The Bertz CT molecular complexity index is 560. The monoisotopic (exact) mass is 313 g/mol. The molecule has 3 N–H and O–H groups in total. The van der Waals surface area contributed by atoms with Gasteiger partial charge in [0.25, 0.3) is 0 Å². The van der Waals surface area contributed by atoms with Crippen LogP contribution in [0.15, 0.2) is 23.1 Å². The van der Waals surface area contributed by atoms with Gasteiger partial charge in [-0.1, -0.05) is 6.07 Å². The first-order valence-corrected chi connectivity index (χ1v) is 8.75. The largest absolute Gasteiger partial charge is 0.399 e. The van der Waals surface area contributed by atoms with Crippen molar-refractivity contribution in [1.82, 2.24) is 9.62 Å². The van der Waals surface area contributed by atoms with Crippen LogP contribution in [0.2, 0.25) is 0 Å². The predicted molar refractivity (Wildman–Crippen MR) is 87.8 cm³/mol. The Balaban J connectivity index is 2.76. The molecule has 0 atom stereocenters. The summed E-state index contributed by atoms with van der Waals surface area (Å²) in [4.78, 5) is 2.50. The van der Waals surface area contributed by atoms with Crippen molar-refractivity contribution in [3.05, 3.63) is 23.8 Å². The van der Waals surface area contributed by atoms with Crippen molar-refractivity contribution in [2.45, 2.75) is 51.6 Å². The molecule has 5 nitrogen and oxygen atoms in total. The Morgan fingerprint density at radius 3 is 2.29 bits per heavy atom. The maximum Gasteiger partial charge on any atom is 0.240 e. The molecule has 120 valence electrons. The van der Waals surface area contributed by atoms with Crippen molar-refractivity contribution in [2.24, 2.45) is 0 Å². The highest BCUT2D eigenvalue weighted by Crippen LogP contribution is 2.18. The number of sulfonamides is 1. The second kappa shape index (κ2) is 7.24. The quantitative estimate of drug-likeness (QED) is 0.755. The third-order valence-electron chi connectivity index (χ3n) is 3.49. The standard InChI is InChI=1S/C15H27N3O2S/c1-11(2)18(12(3)4)9-8-17-21(19,20)15-10-14(16)7-6-13(15)5/h6-7,10-12,17H,8-9,16H2,1-5H3. The van der Waals surface area contributed by atoms with Gasteiger partial charge in [-0.05, 0) is 52.3 Å². The minimum absolute atomic E-state index is 0.253. The normalized spacial score (nSPS) is 12.6. The van der Waals surface area contributed by atoms with Crippen LogP contribution in [0.4, 0.5) is 5.69 Å². The van der Waals surface area contributed by atoms with Crippen molar-refractivity contribution in [1.29, 1.82) is 0 Å². The van der Waals surface area contributed by atoms with Gasteiger partial charge in [0.1, 0.15) is 0 Å². The molecule has 0 unspecified atom stereocenters. The number of nitrogens with two attached hydrogens (primary N) is 1. The fourth-order valence-electron chi connectivity index (χ4n) is 2.41. The summed E-state index contributed by atoms with van der Waals surface area (Å²) >= 11 is 0. The molecule has 1 aromatic rings. The van der Waals surface area contributed by atoms with Crippen LogP contribution in [0.1, 0.15) is 33.3 Å². The topological polar surface area (TPSA) is 75.4 Å². The van der Waals surface area contributed by atoms with E-state index < -0.39 is 10.0 Å². The van der Waals surface area contributed by atoms with Crippen LogP contribution in [-0.2, 0) is 10.0 Å². The fraction of sp³-hybridized carbons (Fsp3) is 0.600. The van der Waals surface area contributed by atoms with Crippen LogP contribution >= 0.6 is 0 Å². The lowest BCUT2D eigenvalue weighted by Gasteiger charge is -2.30. The summed E-state index contributed by atoms with van der Waals surface area (Å²) < 4.78 is 27.3. The molecule has 0 radical (unpaired) electrons. The van der Waals surface area contributed by atoms with Crippen LogP contribution in [0, 0.1) is 6.92 Å². The SMILES string of the molecule is Cc1ccc(N)cc1S(=O)(=O)NCCN(C(C)C)C(C)C. The van der Waals surface area contributed by atoms with Crippen LogP contribution in [0.25, 0.3) is 0 Å². The Hall–Kier alpha value is -1.11. The van der Waals surface area contributed by atoms with Gasteiger partial charge in [-0.3, -0.25) is 4.90 Å². The van der Waals surface area contributed by atoms with Gasteiger partial charge in [-0.25, -0.2) is 13.1 Å². The lowest BCUT2D eigenvalue weighted by atomic mass is 10.2. The van der Waals surface area contributed by atoms with Gasteiger partial charge in [0, 0.05) is 30.9 Å². The van der Waals surface area contributed by atoms with E-state index in [0.29, 0.717) is 36.4 Å². The molecule has 1 rings (SSSR count). The molecule has 0 saturated carbocycles. The number of nitrogen functional groups attached to an aromatic ring is 1. The third-order valence-corrected chi connectivity index (χ3v) is 5.09. The van der Waals surface area contributed by atoms with E-state index in [2.05, 4.69) is 37.3 Å². The molecular formula is C15H27N3O2S. The number of nitrogens with zero attached hydrogens (tertiary/aromatic N) is 1. The van der Waals surface area contributed by atoms with Gasteiger partial charge < -0.3 is 5.73 Å². The number of hydrogen-bond donors (Lipinski definition) is 2. The Kier molecular flexibility index (Phi) is 6.19. The highest BCUT2D eigenvalue weighted by Gasteiger charge is 2.18. The molecular weight excluding hydrogens is 286 g/mol. The lowest BCUT2D eigenvalue weighted by Crippen LogP contribution is -2.42. The Labute approximate surface area is 128 Å². The van der Waals surface area contributed by atoms with Crippen LogP contribution in [0.5, 0.6) is 0 Å².